The van der Waals surface area contributed by atoms with Crippen molar-refractivity contribution in [3.63, 3.8) is 0 Å². The number of rotatable bonds is 2. The Bertz CT molecular complexity index is 546. The molecule has 1 aromatic carbocycles. The van der Waals surface area contributed by atoms with E-state index in [1.807, 2.05) is 6.92 Å². The number of aromatic nitrogens is 3. The summed E-state index contributed by atoms with van der Waals surface area (Å²) in [7, 11) is 0. The molecule has 0 unspecified atom stereocenters. The Labute approximate surface area is 92.4 Å². The van der Waals surface area contributed by atoms with Crippen molar-refractivity contribution in [2.45, 2.75) is 13.8 Å². The maximum atomic E-state index is 10.8. The summed E-state index contributed by atoms with van der Waals surface area (Å²) in [5.41, 5.74) is 1.97. The average Bonchev–Trinajstić information content (AvgIpc) is 2.64. The van der Waals surface area contributed by atoms with Gasteiger partial charge in [0.15, 0.2) is 0 Å². The summed E-state index contributed by atoms with van der Waals surface area (Å²) in [6.45, 7) is 3.65. The van der Waals surface area contributed by atoms with Crippen molar-refractivity contribution in [3.05, 3.63) is 41.5 Å². The minimum atomic E-state index is -0.926. The number of hydrogen-bond acceptors (Lipinski definition) is 3. The second kappa shape index (κ2) is 3.77. The predicted molar refractivity (Wildman–Crippen MR) is 57.8 cm³/mol. The summed E-state index contributed by atoms with van der Waals surface area (Å²) in [5, 5.41) is 13.0. The average molecular weight is 217 g/mol. The number of aromatic carboxylic acids is 1. The van der Waals surface area contributed by atoms with Crippen LogP contribution >= 0.6 is 0 Å². The Morgan fingerprint density at radius 3 is 2.62 bits per heavy atom. The first kappa shape index (κ1) is 10.4. The van der Waals surface area contributed by atoms with Crippen LogP contribution in [0.3, 0.4) is 0 Å². The van der Waals surface area contributed by atoms with E-state index in [1.165, 1.54) is 0 Å². The molecule has 16 heavy (non-hydrogen) atoms. The van der Waals surface area contributed by atoms with Crippen LogP contribution in [0, 0.1) is 13.8 Å². The molecule has 0 amide bonds. The number of benzene rings is 1. The molecular weight excluding hydrogens is 206 g/mol. The second-order valence-electron chi connectivity index (χ2n) is 3.54. The van der Waals surface area contributed by atoms with Gasteiger partial charge in [-0.3, -0.25) is 0 Å². The maximum absolute atomic E-state index is 10.8. The molecule has 0 radical (unpaired) electrons. The first-order chi connectivity index (χ1) is 7.58. The molecule has 0 atom stereocenters. The fourth-order valence-corrected chi connectivity index (χ4v) is 1.51. The van der Waals surface area contributed by atoms with Crippen LogP contribution in [0.2, 0.25) is 0 Å². The molecule has 5 nitrogen and oxygen atoms in total. The van der Waals surface area contributed by atoms with E-state index in [4.69, 9.17) is 5.11 Å². The largest absolute Gasteiger partial charge is 0.478 e. The molecule has 0 bridgehead atoms. The molecule has 2 aromatic rings. The number of carbonyl (C=O) groups is 1. The molecule has 82 valence electrons. The maximum Gasteiger partial charge on any atom is 0.335 e. The van der Waals surface area contributed by atoms with Crippen LogP contribution in [0.1, 0.15) is 21.7 Å². The number of carboxylic acids is 1. The Morgan fingerprint density at radius 2 is 2.12 bits per heavy atom. The van der Waals surface area contributed by atoms with Gasteiger partial charge in [-0.1, -0.05) is 0 Å². The fraction of sp³-hybridized carbons (Fsp3) is 0.182. The van der Waals surface area contributed by atoms with Crippen LogP contribution in [0.25, 0.3) is 5.69 Å². The van der Waals surface area contributed by atoms with Gasteiger partial charge >= 0.3 is 5.97 Å². The van der Waals surface area contributed by atoms with Gasteiger partial charge in [-0.15, -0.1) is 0 Å². The number of aryl methyl sites for hydroxylation is 2. The van der Waals surface area contributed by atoms with E-state index in [-0.39, 0.29) is 5.56 Å². The van der Waals surface area contributed by atoms with Crippen molar-refractivity contribution < 1.29 is 9.90 Å². The highest BCUT2D eigenvalue weighted by molar-refractivity contribution is 5.88. The smallest absolute Gasteiger partial charge is 0.335 e. The molecule has 0 aliphatic rings. The Hall–Kier alpha value is -2.17. The zero-order valence-corrected chi connectivity index (χ0v) is 9.01. The van der Waals surface area contributed by atoms with Gasteiger partial charge in [0.25, 0.3) is 0 Å². The first-order valence-corrected chi connectivity index (χ1v) is 4.80. The van der Waals surface area contributed by atoms with Gasteiger partial charge in [0.05, 0.1) is 11.3 Å². The van der Waals surface area contributed by atoms with E-state index in [9.17, 15) is 4.79 Å². The van der Waals surface area contributed by atoms with Crippen LogP contribution in [0.4, 0.5) is 0 Å². The van der Waals surface area contributed by atoms with E-state index < -0.39 is 5.97 Å². The van der Waals surface area contributed by atoms with Crippen LogP contribution in [-0.4, -0.2) is 25.8 Å². The normalized spacial score (nSPS) is 10.4. The van der Waals surface area contributed by atoms with Crippen molar-refractivity contribution in [2.24, 2.45) is 0 Å². The third-order valence-electron chi connectivity index (χ3n) is 2.30. The molecular formula is C11H11N3O2. The number of nitrogens with zero attached hydrogens (tertiary/aromatic N) is 3. The van der Waals surface area contributed by atoms with Crippen molar-refractivity contribution in [3.8, 4) is 5.69 Å². The lowest BCUT2D eigenvalue weighted by Crippen LogP contribution is -2.02. The highest BCUT2D eigenvalue weighted by Gasteiger charge is 2.07. The van der Waals surface area contributed by atoms with Crippen molar-refractivity contribution in [1.82, 2.24) is 14.8 Å². The van der Waals surface area contributed by atoms with Crippen molar-refractivity contribution >= 4 is 5.97 Å². The topological polar surface area (TPSA) is 68.0 Å². The fourth-order valence-electron chi connectivity index (χ4n) is 1.51. The van der Waals surface area contributed by atoms with Crippen LogP contribution < -0.4 is 0 Å². The van der Waals surface area contributed by atoms with Gasteiger partial charge in [-0.05, 0) is 37.6 Å². The summed E-state index contributed by atoms with van der Waals surface area (Å²) >= 11 is 0. The molecule has 5 heteroatoms. The Kier molecular flexibility index (Phi) is 2.44. The highest BCUT2D eigenvalue weighted by Crippen LogP contribution is 2.14. The zero-order chi connectivity index (χ0) is 11.7. The SMILES string of the molecule is Cc1ncn(-c2ccc(C(=O)O)cc2C)n1. The summed E-state index contributed by atoms with van der Waals surface area (Å²) in [4.78, 5) is 14.8. The summed E-state index contributed by atoms with van der Waals surface area (Å²) in [6, 6.07) is 4.91. The predicted octanol–water partition coefficient (Wildman–Crippen LogP) is 1.58. The standard InChI is InChI=1S/C11H11N3O2/c1-7-5-9(11(15)16)3-4-10(7)14-6-12-8(2)13-14/h3-6H,1-2H3,(H,15,16). The molecule has 0 saturated heterocycles. The van der Waals surface area contributed by atoms with E-state index in [2.05, 4.69) is 10.1 Å². The van der Waals surface area contributed by atoms with E-state index in [1.54, 1.807) is 36.1 Å². The summed E-state index contributed by atoms with van der Waals surface area (Å²) in [6.07, 6.45) is 1.61. The van der Waals surface area contributed by atoms with Gasteiger partial charge in [-0.2, -0.15) is 5.10 Å². The lowest BCUT2D eigenvalue weighted by molar-refractivity contribution is 0.0697. The lowest BCUT2D eigenvalue weighted by atomic mass is 10.1. The lowest BCUT2D eigenvalue weighted by Gasteiger charge is -2.05. The molecule has 1 heterocycles. The van der Waals surface area contributed by atoms with Gasteiger partial charge in [0, 0.05) is 0 Å². The van der Waals surface area contributed by atoms with Crippen molar-refractivity contribution in [2.75, 3.05) is 0 Å². The highest BCUT2D eigenvalue weighted by atomic mass is 16.4. The second-order valence-corrected chi connectivity index (χ2v) is 3.54. The van der Waals surface area contributed by atoms with E-state index in [0.29, 0.717) is 5.82 Å². The molecule has 1 N–H and O–H groups in total. The summed E-state index contributed by atoms with van der Waals surface area (Å²) < 4.78 is 1.64. The van der Waals surface area contributed by atoms with Crippen LogP contribution in [0.15, 0.2) is 24.5 Å². The minimum Gasteiger partial charge on any atom is -0.478 e. The Balaban J connectivity index is 2.47. The third-order valence-corrected chi connectivity index (χ3v) is 2.30. The molecule has 2 rings (SSSR count). The molecule has 0 fully saturated rings. The van der Waals surface area contributed by atoms with Gasteiger partial charge in [0.1, 0.15) is 12.2 Å². The van der Waals surface area contributed by atoms with E-state index in [0.717, 1.165) is 11.3 Å². The monoisotopic (exact) mass is 217 g/mol. The molecule has 0 spiro atoms. The molecule has 1 aromatic heterocycles. The third kappa shape index (κ3) is 1.79. The van der Waals surface area contributed by atoms with Gasteiger partial charge in [0.2, 0.25) is 0 Å². The quantitative estimate of drug-likeness (QED) is 0.829. The number of hydrogen-bond donors (Lipinski definition) is 1. The van der Waals surface area contributed by atoms with Crippen molar-refractivity contribution in [1.29, 1.82) is 0 Å². The summed E-state index contributed by atoms with van der Waals surface area (Å²) in [5.74, 6) is -0.244. The Morgan fingerprint density at radius 1 is 1.38 bits per heavy atom. The van der Waals surface area contributed by atoms with E-state index >= 15 is 0 Å². The van der Waals surface area contributed by atoms with Gasteiger partial charge in [-0.25, -0.2) is 14.5 Å². The van der Waals surface area contributed by atoms with Crippen LogP contribution in [-0.2, 0) is 0 Å². The zero-order valence-electron chi connectivity index (χ0n) is 9.01. The number of carboxylic acid groups (broad SMARTS) is 1. The molecule has 0 aliphatic heterocycles. The minimum absolute atomic E-state index is 0.276. The van der Waals surface area contributed by atoms with Crippen LogP contribution in [0.5, 0.6) is 0 Å². The first-order valence-electron chi connectivity index (χ1n) is 4.80. The molecule has 0 saturated carbocycles. The molecule has 0 aliphatic carbocycles. The van der Waals surface area contributed by atoms with Gasteiger partial charge < -0.3 is 5.11 Å².